The average molecular weight is 962 g/mol. The molecule has 0 saturated carbocycles. The van der Waals surface area contributed by atoms with Crippen LogP contribution in [0.25, 0.3) is 28.4 Å². The highest BCUT2D eigenvalue weighted by atomic mass is 19.4. The molecule has 4 atom stereocenters. The van der Waals surface area contributed by atoms with Crippen LogP contribution in [0.2, 0.25) is 0 Å². The van der Waals surface area contributed by atoms with E-state index in [1.165, 1.54) is 6.07 Å². The van der Waals surface area contributed by atoms with E-state index in [0.29, 0.717) is 42.6 Å². The lowest BCUT2D eigenvalue weighted by molar-refractivity contribution is -0.291. The molecule has 0 radical (unpaired) electrons. The fourth-order valence-corrected chi connectivity index (χ4v) is 11.5. The first-order valence-electron chi connectivity index (χ1n) is 22.6. The SMILES string of the molecule is CC1C=CC2=C(C1)N(c1ccc(C(c3ccc(C(c4ccc(-n5c6c(c7ccccc75)C=CC(C)C6)cc4)(C(F)(F)F)C(F)(F)F)n3-c3ccccc3)(C(F)(F)F)C(F)(F)F)cc1)C1C=CCCC21. The molecule has 4 aliphatic rings. The van der Waals surface area contributed by atoms with Gasteiger partial charge in [-0.15, -0.1) is 0 Å². The third-order valence-corrected chi connectivity index (χ3v) is 14.5. The summed E-state index contributed by atoms with van der Waals surface area (Å²) in [6.45, 7) is 3.93. The van der Waals surface area contributed by atoms with E-state index in [1.54, 1.807) is 22.8 Å². The second kappa shape index (κ2) is 16.1. The topological polar surface area (TPSA) is 13.1 Å². The molecule has 3 nitrogen and oxygen atoms in total. The van der Waals surface area contributed by atoms with Gasteiger partial charge in [0.25, 0.3) is 0 Å². The van der Waals surface area contributed by atoms with Crippen LogP contribution in [0.1, 0.15) is 66.9 Å². The van der Waals surface area contributed by atoms with Crippen molar-refractivity contribution in [2.45, 2.75) is 81.1 Å². The van der Waals surface area contributed by atoms with Crippen molar-refractivity contribution in [2.75, 3.05) is 4.90 Å². The first-order valence-corrected chi connectivity index (χ1v) is 22.6. The van der Waals surface area contributed by atoms with Crippen molar-refractivity contribution in [3.8, 4) is 11.4 Å². The predicted octanol–water partition coefficient (Wildman–Crippen LogP) is 15.5. The van der Waals surface area contributed by atoms with E-state index in [-0.39, 0.29) is 51.9 Å². The summed E-state index contributed by atoms with van der Waals surface area (Å²) < 4.78 is 195. The van der Waals surface area contributed by atoms with Crippen molar-refractivity contribution in [1.29, 1.82) is 0 Å². The normalized spacial score (nSPS) is 21.0. The Morgan fingerprint density at radius 3 is 1.58 bits per heavy atom. The van der Waals surface area contributed by atoms with E-state index in [0.717, 1.165) is 89.3 Å². The van der Waals surface area contributed by atoms with Gasteiger partial charge in [0, 0.05) is 45.3 Å². The zero-order chi connectivity index (χ0) is 49.1. The molecule has 3 heterocycles. The summed E-state index contributed by atoms with van der Waals surface area (Å²) in [5.74, 6) is 0.143. The maximum atomic E-state index is 16.1. The number of hydrogen-bond donors (Lipinski definition) is 0. The molecule has 0 saturated heterocycles. The summed E-state index contributed by atoms with van der Waals surface area (Å²) in [4.78, 5) is 1.89. The molecule has 3 aliphatic carbocycles. The van der Waals surface area contributed by atoms with Gasteiger partial charge in [-0.25, -0.2) is 0 Å². The molecule has 0 N–H and O–H groups in total. The van der Waals surface area contributed by atoms with Crippen molar-refractivity contribution in [1.82, 2.24) is 9.13 Å². The molecule has 15 heteroatoms. The highest BCUT2D eigenvalue weighted by Crippen LogP contribution is 2.61. The van der Waals surface area contributed by atoms with Crippen LogP contribution in [-0.2, 0) is 17.3 Å². The van der Waals surface area contributed by atoms with Crippen LogP contribution in [0, 0.1) is 17.8 Å². The molecule has 4 unspecified atom stereocenters. The lowest BCUT2D eigenvalue weighted by Gasteiger charge is -2.41. The van der Waals surface area contributed by atoms with Crippen LogP contribution < -0.4 is 4.90 Å². The van der Waals surface area contributed by atoms with Crippen molar-refractivity contribution in [3.05, 3.63) is 191 Å². The van der Waals surface area contributed by atoms with Gasteiger partial charge in [0.05, 0.1) is 22.9 Å². The van der Waals surface area contributed by atoms with Gasteiger partial charge in [0.2, 0.25) is 10.8 Å². The van der Waals surface area contributed by atoms with E-state index < -0.39 is 63.7 Å². The summed E-state index contributed by atoms with van der Waals surface area (Å²) in [6, 6.07) is 19.0. The molecular formula is C54H43F12N3. The first-order chi connectivity index (χ1) is 32.6. The number of nitrogens with zero attached hydrogens (tertiary/aromatic N) is 3. The Balaban J connectivity index is 1.19. The number of fused-ring (bicyclic) bond motifs is 5. The Hall–Kier alpha value is -6.38. The quantitative estimate of drug-likeness (QED) is 0.115. The fourth-order valence-electron chi connectivity index (χ4n) is 11.5. The molecule has 0 fully saturated rings. The first kappa shape index (κ1) is 46.4. The van der Waals surface area contributed by atoms with Crippen molar-refractivity contribution in [2.24, 2.45) is 17.8 Å². The Labute approximate surface area is 389 Å². The maximum absolute atomic E-state index is 16.1. The lowest BCUT2D eigenvalue weighted by Crippen LogP contribution is -2.57. The van der Waals surface area contributed by atoms with Crippen LogP contribution in [0.15, 0.2) is 157 Å². The van der Waals surface area contributed by atoms with Gasteiger partial charge in [-0.3, -0.25) is 0 Å². The summed E-state index contributed by atoms with van der Waals surface area (Å²) in [6.07, 6.45) is -11.1. The number of halogens is 12. The van der Waals surface area contributed by atoms with Gasteiger partial charge < -0.3 is 14.0 Å². The molecular weight excluding hydrogens is 919 g/mol. The molecule has 1 aliphatic heterocycles. The highest BCUT2D eigenvalue weighted by Gasteiger charge is 2.77. The van der Waals surface area contributed by atoms with Crippen molar-refractivity contribution in [3.63, 3.8) is 0 Å². The van der Waals surface area contributed by atoms with Gasteiger partial charge in [0.15, 0.2) is 0 Å². The lowest BCUT2D eigenvalue weighted by atomic mass is 9.74. The Morgan fingerprint density at radius 1 is 0.493 bits per heavy atom. The molecule has 0 amide bonds. The van der Waals surface area contributed by atoms with Crippen LogP contribution in [0.3, 0.4) is 0 Å². The summed E-state index contributed by atoms with van der Waals surface area (Å²) >= 11 is 0. The van der Waals surface area contributed by atoms with Gasteiger partial charge in [-0.05, 0) is 109 Å². The van der Waals surface area contributed by atoms with Crippen LogP contribution in [0.4, 0.5) is 58.4 Å². The number of rotatable bonds is 7. The second-order valence-electron chi connectivity index (χ2n) is 18.5. The third-order valence-electron chi connectivity index (χ3n) is 14.5. The minimum atomic E-state index is -6.39. The fraction of sp³-hybridized carbons (Fsp3) is 0.296. The maximum Gasteiger partial charge on any atom is 0.412 e. The van der Waals surface area contributed by atoms with Crippen molar-refractivity contribution < 1.29 is 52.7 Å². The van der Waals surface area contributed by atoms with Gasteiger partial charge in [0.1, 0.15) is 0 Å². The number of aromatic nitrogens is 2. The van der Waals surface area contributed by atoms with Gasteiger partial charge in [-0.1, -0.05) is 111 Å². The number of anilines is 1. The number of hydrogen-bond acceptors (Lipinski definition) is 1. The minimum Gasteiger partial charge on any atom is -0.337 e. The molecule has 2 aromatic heterocycles. The Bertz CT molecular complexity index is 3020. The molecule has 6 aromatic rings. The van der Waals surface area contributed by atoms with E-state index in [9.17, 15) is 0 Å². The monoisotopic (exact) mass is 961 g/mol. The van der Waals surface area contributed by atoms with E-state index in [4.69, 9.17) is 0 Å². The average Bonchev–Trinajstić information content (AvgIpc) is 3.96. The third kappa shape index (κ3) is 6.87. The standard InChI is InChI=1S/C54H43F12N3/c1-32-16-26-41-39-12-6-8-14-43(39)67(45(41)30-32)37-22-18-34(19-23-37)49(51(55,56)57,52(58,59)60)47-28-29-48(69(47)36-10-4-3-5-11-36)50(53(61,62)63,54(64,65)66)35-20-24-38(25-21-35)68-44-15-9-7-13-40(44)42-27-17-33(2)31-46(42)68/h3-6,8-12,14-29,32-33,40,44H,7,13,30-31H2,1-2H3. The predicted molar refractivity (Wildman–Crippen MR) is 241 cm³/mol. The molecule has 0 bridgehead atoms. The molecule has 69 heavy (non-hydrogen) atoms. The number of allylic oxidation sites excluding steroid dienone is 5. The Morgan fingerprint density at radius 2 is 1.00 bits per heavy atom. The van der Waals surface area contributed by atoms with E-state index >= 15 is 52.7 Å². The number of benzene rings is 4. The summed E-state index contributed by atoms with van der Waals surface area (Å²) in [5, 5.41) is 0.786. The van der Waals surface area contributed by atoms with Crippen LogP contribution >= 0.6 is 0 Å². The number of para-hydroxylation sites is 2. The second-order valence-corrected chi connectivity index (χ2v) is 18.5. The zero-order valence-electron chi connectivity index (χ0n) is 36.9. The smallest absolute Gasteiger partial charge is 0.337 e. The zero-order valence-corrected chi connectivity index (χ0v) is 36.9. The van der Waals surface area contributed by atoms with Gasteiger partial charge in [-0.2, -0.15) is 52.7 Å². The van der Waals surface area contributed by atoms with Crippen LogP contribution in [0.5, 0.6) is 0 Å². The molecule has 358 valence electrons. The minimum absolute atomic E-state index is 0.0180. The summed E-state index contributed by atoms with van der Waals surface area (Å²) in [7, 11) is 0. The molecule has 4 aromatic carbocycles. The van der Waals surface area contributed by atoms with Gasteiger partial charge >= 0.3 is 24.7 Å². The molecule has 10 rings (SSSR count). The largest absolute Gasteiger partial charge is 0.412 e. The van der Waals surface area contributed by atoms with Crippen LogP contribution in [-0.4, -0.2) is 39.9 Å². The van der Waals surface area contributed by atoms with E-state index in [1.807, 2.05) is 55.2 Å². The van der Waals surface area contributed by atoms with E-state index in [2.05, 4.69) is 6.08 Å². The highest BCUT2D eigenvalue weighted by molar-refractivity contribution is 5.93. The number of alkyl halides is 12. The molecule has 0 spiro atoms. The Kier molecular flexibility index (Phi) is 10.8. The van der Waals surface area contributed by atoms with Crippen molar-refractivity contribution >= 4 is 22.7 Å². The summed E-state index contributed by atoms with van der Waals surface area (Å²) in [5.41, 5.74) is -13.3.